The van der Waals surface area contributed by atoms with Crippen molar-refractivity contribution in [3.63, 3.8) is 0 Å². The van der Waals surface area contributed by atoms with Crippen LogP contribution < -0.4 is 5.32 Å². The lowest BCUT2D eigenvalue weighted by molar-refractivity contribution is -0.121. The van der Waals surface area contributed by atoms with Crippen LogP contribution in [0.15, 0.2) is 67.0 Å². The number of amides is 2. The van der Waals surface area contributed by atoms with E-state index in [1.54, 1.807) is 12.4 Å². The summed E-state index contributed by atoms with van der Waals surface area (Å²) in [7, 11) is 0. The van der Waals surface area contributed by atoms with Gasteiger partial charge in [-0.1, -0.05) is 48.5 Å². The van der Waals surface area contributed by atoms with Gasteiger partial charge < -0.3 is 10.2 Å². The molecule has 2 aliphatic heterocycles. The van der Waals surface area contributed by atoms with Crippen LogP contribution in [-0.4, -0.2) is 39.3 Å². The summed E-state index contributed by atoms with van der Waals surface area (Å²) in [4.78, 5) is 37.9. The summed E-state index contributed by atoms with van der Waals surface area (Å²) in [6.45, 7) is 0.532. The fraction of sp³-hybridized carbons (Fsp3) is 0.333. The predicted molar refractivity (Wildman–Crippen MR) is 125 cm³/mol. The molecule has 2 fully saturated rings. The minimum atomic E-state index is -0.726. The number of anilines is 1. The van der Waals surface area contributed by atoms with Crippen molar-refractivity contribution in [1.82, 2.24) is 14.9 Å². The predicted octanol–water partition coefficient (Wildman–Crippen LogP) is 4.09. The molecule has 1 saturated heterocycles. The number of carbonyl (C=O) groups excluding carboxylic acids is 2. The SMILES string of the molecule is O=C(c1cnc(C2CC2)nc1)N1CC[C@]2(C(=O)Nc3ccccc32)[C@@H]1CCc1ccccc1. The van der Waals surface area contributed by atoms with Crippen LogP contribution in [0.3, 0.4) is 0 Å². The highest BCUT2D eigenvalue weighted by Gasteiger charge is 2.58. The molecule has 6 heteroatoms. The maximum atomic E-state index is 13.6. The summed E-state index contributed by atoms with van der Waals surface area (Å²) in [6, 6.07) is 17.9. The average Bonchev–Trinajstić information content (AvgIpc) is 3.58. The van der Waals surface area contributed by atoms with Crippen molar-refractivity contribution in [2.75, 3.05) is 11.9 Å². The third kappa shape index (κ3) is 3.32. The van der Waals surface area contributed by atoms with E-state index < -0.39 is 5.41 Å². The van der Waals surface area contributed by atoms with Crippen LogP contribution >= 0.6 is 0 Å². The Kier molecular flexibility index (Phi) is 4.75. The van der Waals surface area contributed by atoms with Gasteiger partial charge in [0, 0.05) is 30.5 Å². The minimum Gasteiger partial charge on any atom is -0.334 e. The van der Waals surface area contributed by atoms with Crippen molar-refractivity contribution in [3.8, 4) is 0 Å². The summed E-state index contributed by atoms with van der Waals surface area (Å²) in [6.07, 6.45) is 7.68. The van der Waals surface area contributed by atoms with E-state index in [9.17, 15) is 9.59 Å². The summed E-state index contributed by atoms with van der Waals surface area (Å²) in [5.41, 5.74) is 2.83. The molecule has 3 aromatic rings. The molecule has 0 bridgehead atoms. The van der Waals surface area contributed by atoms with Gasteiger partial charge in [0.15, 0.2) is 0 Å². The standard InChI is InChI=1S/C27H26N4O2/c32-25(20-16-28-24(29-17-20)19-11-12-19)31-15-14-27(21-8-4-5-9-22(21)30-26(27)33)23(31)13-10-18-6-2-1-3-7-18/h1-9,16-17,19,23H,10-15H2,(H,30,33)/t23-,27+/m0/s1. The zero-order valence-corrected chi connectivity index (χ0v) is 18.4. The lowest BCUT2D eigenvalue weighted by Gasteiger charge is -2.34. The quantitative estimate of drug-likeness (QED) is 0.651. The Morgan fingerprint density at radius 3 is 2.52 bits per heavy atom. The molecule has 3 heterocycles. The topological polar surface area (TPSA) is 75.2 Å². The summed E-state index contributed by atoms with van der Waals surface area (Å²) >= 11 is 0. The fourth-order valence-electron chi connectivity index (χ4n) is 5.56. The lowest BCUT2D eigenvalue weighted by Crippen LogP contribution is -2.49. The molecule has 1 N–H and O–H groups in total. The van der Waals surface area contributed by atoms with E-state index in [-0.39, 0.29) is 17.9 Å². The van der Waals surface area contributed by atoms with Crippen LogP contribution in [0.5, 0.6) is 0 Å². The molecule has 0 unspecified atom stereocenters. The molecular formula is C27H26N4O2. The Bertz CT molecular complexity index is 1210. The molecule has 1 spiro atoms. The molecular weight excluding hydrogens is 412 g/mol. The van der Waals surface area contributed by atoms with Gasteiger partial charge in [-0.2, -0.15) is 0 Å². The van der Waals surface area contributed by atoms with Crippen LogP contribution in [0.2, 0.25) is 0 Å². The van der Waals surface area contributed by atoms with E-state index in [1.807, 2.05) is 47.4 Å². The number of hydrogen-bond donors (Lipinski definition) is 1. The molecule has 6 nitrogen and oxygen atoms in total. The normalized spacial score (nSPS) is 23.6. The Morgan fingerprint density at radius 2 is 1.76 bits per heavy atom. The first-order valence-electron chi connectivity index (χ1n) is 11.7. The number of likely N-dealkylation sites (tertiary alicyclic amines) is 1. The molecule has 1 aliphatic carbocycles. The van der Waals surface area contributed by atoms with E-state index in [0.717, 1.165) is 36.3 Å². The van der Waals surface area contributed by atoms with Crippen LogP contribution in [0, 0.1) is 0 Å². The van der Waals surface area contributed by atoms with Crippen LogP contribution in [0.25, 0.3) is 0 Å². The van der Waals surface area contributed by atoms with E-state index >= 15 is 0 Å². The summed E-state index contributed by atoms with van der Waals surface area (Å²) in [5.74, 6) is 1.18. The third-order valence-electron chi connectivity index (χ3n) is 7.42. The molecule has 166 valence electrons. The van der Waals surface area contributed by atoms with Crippen molar-refractivity contribution >= 4 is 17.5 Å². The van der Waals surface area contributed by atoms with Gasteiger partial charge >= 0.3 is 0 Å². The minimum absolute atomic E-state index is 0.00241. The van der Waals surface area contributed by atoms with Gasteiger partial charge in [0.05, 0.1) is 17.0 Å². The number of rotatable bonds is 5. The second-order valence-electron chi connectivity index (χ2n) is 9.36. The van der Waals surface area contributed by atoms with Gasteiger partial charge in [0.25, 0.3) is 5.91 Å². The fourth-order valence-corrected chi connectivity index (χ4v) is 5.56. The van der Waals surface area contributed by atoms with Crippen molar-refractivity contribution in [2.24, 2.45) is 0 Å². The Morgan fingerprint density at radius 1 is 1.03 bits per heavy atom. The van der Waals surface area contributed by atoms with Gasteiger partial charge in [0.1, 0.15) is 5.82 Å². The smallest absolute Gasteiger partial charge is 0.257 e. The highest BCUT2D eigenvalue weighted by atomic mass is 16.2. The first-order chi connectivity index (χ1) is 16.2. The zero-order valence-electron chi connectivity index (χ0n) is 18.4. The zero-order chi connectivity index (χ0) is 22.4. The van der Waals surface area contributed by atoms with Gasteiger partial charge in [-0.3, -0.25) is 9.59 Å². The summed E-state index contributed by atoms with van der Waals surface area (Å²) in [5, 5.41) is 3.08. The second-order valence-corrected chi connectivity index (χ2v) is 9.36. The van der Waals surface area contributed by atoms with Crippen LogP contribution in [0.4, 0.5) is 5.69 Å². The molecule has 0 radical (unpaired) electrons. The number of fused-ring (bicyclic) bond motifs is 2. The number of nitrogens with zero attached hydrogens (tertiary/aromatic N) is 3. The molecule has 3 aliphatic rings. The van der Waals surface area contributed by atoms with E-state index in [4.69, 9.17) is 0 Å². The number of carbonyl (C=O) groups is 2. The van der Waals surface area contributed by atoms with Gasteiger partial charge in [-0.25, -0.2) is 9.97 Å². The second kappa shape index (κ2) is 7.80. The van der Waals surface area contributed by atoms with Crippen LogP contribution in [0.1, 0.15) is 58.9 Å². The molecule has 6 rings (SSSR count). The van der Waals surface area contributed by atoms with Crippen molar-refractivity contribution in [2.45, 2.75) is 49.5 Å². The molecule has 2 amide bonds. The van der Waals surface area contributed by atoms with Crippen molar-refractivity contribution in [1.29, 1.82) is 0 Å². The number of aryl methyl sites for hydroxylation is 1. The Hall–Kier alpha value is -3.54. The monoisotopic (exact) mass is 438 g/mol. The van der Waals surface area contributed by atoms with Crippen molar-refractivity contribution in [3.05, 3.63) is 89.5 Å². The number of benzene rings is 2. The van der Waals surface area contributed by atoms with Gasteiger partial charge in [0.2, 0.25) is 5.91 Å². The molecule has 33 heavy (non-hydrogen) atoms. The average molecular weight is 439 g/mol. The van der Waals surface area contributed by atoms with Crippen LogP contribution in [-0.2, 0) is 16.6 Å². The number of para-hydroxylation sites is 1. The van der Waals surface area contributed by atoms with Crippen molar-refractivity contribution < 1.29 is 9.59 Å². The first-order valence-corrected chi connectivity index (χ1v) is 11.7. The highest BCUT2D eigenvalue weighted by Crippen LogP contribution is 2.49. The summed E-state index contributed by atoms with van der Waals surface area (Å²) < 4.78 is 0. The highest BCUT2D eigenvalue weighted by molar-refractivity contribution is 6.08. The number of aromatic nitrogens is 2. The molecule has 2 atom stereocenters. The first kappa shape index (κ1) is 20.1. The van der Waals surface area contributed by atoms with E-state index in [1.165, 1.54) is 5.56 Å². The third-order valence-corrected chi connectivity index (χ3v) is 7.42. The largest absolute Gasteiger partial charge is 0.334 e. The van der Waals surface area contributed by atoms with E-state index in [2.05, 4.69) is 27.4 Å². The molecule has 2 aromatic carbocycles. The number of hydrogen-bond acceptors (Lipinski definition) is 4. The molecule has 1 saturated carbocycles. The lowest BCUT2D eigenvalue weighted by atomic mass is 9.73. The Labute approximate surface area is 193 Å². The number of nitrogens with one attached hydrogen (secondary N) is 1. The van der Waals surface area contributed by atoms with E-state index in [0.29, 0.717) is 30.9 Å². The van der Waals surface area contributed by atoms with Gasteiger partial charge in [-0.15, -0.1) is 0 Å². The van der Waals surface area contributed by atoms with Gasteiger partial charge in [-0.05, 0) is 49.3 Å². The maximum Gasteiger partial charge on any atom is 0.257 e. The Balaban J connectivity index is 1.35. The molecule has 1 aromatic heterocycles. The maximum absolute atomic E-state index is 13.6.